The molecule has 1 N–H and O–H groups in total. The van der Waals surface area contributed by atoms with E-state index in [1.165, 1.54) is 24.1 Å². The highest BCUT2D eigenvalue weighted by atomic mass is 79.9. The van der Waals surface area contributed by atoms with Gasteiger partial charge in [-0.3, -0.25) is 0 Å². The summed E-state index contributed by atoms with van der Waals surface area (Å²) in [6.07, 6.45) is 2.38. The van der Waals surface area contributed by atoms with E-state index in [2.05, 4.69) is 72.0 Å². The maximum Gasteiger partial charge on any atom is 0.0425 e. The van der Waals surface area contributed by atoms with Crippen LogP contribution in [0.4, 0.5) is 5.69 Å². The highest BCUT2D eigenvalue weighted by molar-refractivity contribution is 9.10. The van der Waals surface area contributed by atoms with Crippen molar-refractivity contribution < 1.29 is 0 Å². The molecule has 0 saturated heterocycles. The first kappa shape index (κ1) is 17.5. The minimum atomic E-state index is 0.613. The molecule has 2 nitrogen and oxygen atoms in total. The van der Waals surface area contributed by atoms with Crippen LogP contribution in [0.15, 0.2) is 22.7 Å². The lowest BCUT2D eigenvalue weighted by Gasteiger charge is -2.36. The molecule has 3 heteroatoms. The Morgan fingerprint density at radius 2 is 1.85 bits per heavy atom. The Labute approximate surface area is 133 Å². The van der Waals surface area contributed by atoms with Crippen LogP contribution < -0.4 is 10.2 Å². The van der Waals surface area contributed by atoms with Gasteiger partial charge in [-0.2, -0.15) is 0 Å². The predicted octanol–water partition coefficient (Wildman–Crippen LogP) is 4.82. The zero-order chi connectivity index (χ0) is 15.1. The van der Waals surface area contributed by atoms with Crippen LogP contribution >= 0.6 is 15.9 Å². The maximum atomic E-state index is 3.63. The molecular weight excluding hydrogens is 312 g/mol. The lowest BCUT2D eigenvalue weighted by Crippen LogP contribution is -2.38. The molecule has 0 spiro atoms. The molecule has 1 aromatic carbocycles. The second-order valence-corrected chi connectivity index (χ2v) is 6.74. The number of anilines is 1. The summed E-state index contributed by atoms with van der Waals surface area (Å²) in [4.78, 5) is 2.60. The minimum Gasteiger partial charge on any atom is -0.368 e. The fourth-order valence-electron chi connectivity index (χ4n) is 2.71. The zero-order valence-electron chi connectivity index (χ0n) is 13.5. The summed E-state index contributed by atoms with van der Waals surface area (Å²) in [5, 5.41) is 3.29. The Bertz CT molecular complexity index is 400. The van der Waals surface area contributed by atoms with Crippen molar-refractivity contribution in [3.63, 3.8) is 0 Å². The smallest absolute Gasteiger partial charge is 0.0425 e. The summed E-state index contributed by atoms with van der Waals surface area (Å²) in [7, 11) is 2.01. The van der Waals surface area contributed by atoms with Crippen molar-refractivity contribution in [3.8, 4) is 0 Å². The van der Waals surface area contributed by atoms with Gasteiger partial charge >= 0.3 is 0 Å². The molecule has 0 saturated carbocycles. The number of halogens is 1. The third-order valence-electron chi connectivity index (χ3n) is 3.67. The summed E-state index contributed by atoms with van der Waals surface area (Å²) in [6, 6.07) is 7.25. The third-order valence-corrected chi connectivity index (χ3v) is 4.16. The van der Waals surface area contributed by atoms with Crippen LogP contribution in [0.5, 0.6) is 0 Å². The third kappa shape index (κ3) is 4.78. The van der Waals surface area contributed by atoms with Crippen LogP contribution in [-0.4, -0.2) is 19.6 Å². The summed E-state index contributed by atoms with van der Waals surface area (Å²) >= 11 is 3.63. The van der Waals surface area contributed by atoms with E-state index in [0.29, 0.717) is 12.0 Å². The van der Waals surface area contributed by atoms with Crippen LogP contribution in [0.25, 0.3) is 0 Å². The summed E-state index contributed by atoms with van der Waals surface area (Å²) < 4.78 is 1.16. The van der Waals surface area contributed by atoms with Gasteiger partial charge in [-0.25, -0.2) is 0 Å². The van der Waals surface area contributed by atoms with Crippen molar-refractivity contribution in [2.45, 2.75) is 53.1 Å². The topological polar surface area (TPSA) is 15.3 Å². The lowest BCUT2D eigenvalue weighted by atomic mass is 10.0. The molecule has 114 valence electrons. The highest BCUT2D eigenvalue weighted by Gasteiger charge is 2.19. The van der Waals surface area contributed by atoms with E-state index in [1.807, 2.05) is 7.05 Å². The summed E-state index contributed by atoms with van der Waals surface area (Å²) in [6.45, 7) is 11.2. The monoisotopic (exact) mass is 340 g/mol. The first-order valence-electron chi connectivity index (χ1n) is 7.73. The van der Waals surface area contributed by atoms with Crippen LogP contribution in [0.1, 0.15) is 46.1 Å². The van der Waals surface area contributed by atoms with Crippen LogP contribution in [0.2, 0.25) is 0 Å². The van der Waals surface area contributed by atoms with Gasteiger partial charge < -0.3 is 10.2 Å². The molecule has 1 aromatic rings. The van der Waals surface area contributed by atoms with Gasteiger partial charge in [0.25, 0.3) is 0 Å². The molecule has 0 amide bonds. The van der Waals surface area contributed by atoms with Gasteiger partial charge in [0.15, 0.2) is 0 Å². The quantitative estimate of drug-likeness (QED) is 0.729. The largest absolute Gasteiger partial charge is 0.368 e. The number of nitrogens with one attached hydrogen (secondary N) is 1. The minimum absolute atomic E-state index is 0.613. The van der Waals surface area contributed by atoms with Crippen molar-refractivity contribution in [2.24, 2.45) is 5.92 Å². The molecule has 1 rings (SSSR count). The molecule has 0 radical (unpaired) electrons. The first-order valence-corrected chi connectivity index (χ1v) is 8.52. The van der Waals surface area contributed by atoms with Gasteiger partial charge in [-0.1, -0.05) is 49.7 Å². The zero-order valence-corrected chi connectivity index (χ0v) is 15.1. The van der Waals surface area contributed by atoms with E-state index >= 15 is 0 Å². The van der Waals surface area contributed by atoms with E-state index in [1.54, 1.807) is 0 Å². The Kier molecular flexibility index (Phi) is 7.60. The Balaban J connectivity index is 3.19. The van der Waals surface area contributed by atoms with Gasteiger partial charge in [0.1, 0.15) is 0 Å². The molecule has 20 heavy (non-hydrogen) atoms. The van der Waals surface area contributed by atoms with Crippen molar-refractivity contribution in [3.05, 3.63) is 28.2 Å². The molecule has 0 heterocycles. The Hall–Kier alpha value is -0.540. The maximum absolute atomic E-state index is 3.63. The average Bonchev–Trinajstić information content (AvgIpc) is 2.41. The summed E-state index contributed by atoms with van der Waals surface area (Å²) in [5.41, 5.74) is 2.75. The van der Waals surface area contributed by atoms with Gasteiger partial charge in [0.05, 0.1) is 0 Å². The van der Waals surface area contributed by atoms with Gasteiger partial charge in [-0.05, 0) is 43.5 Å². The van der Waals surface area contributed by atoms with E-state index in [4.69, 9.17) is 0 Å². The molecule has 0 aliphatic heterocycles. The van der Waals surface area contributed by atoms with Crippen molar-refractivity contribution in [2.75, 3.05) is 18.5 Å². The molecule has 0 fully saturated rings. The number of hydrogen-bond donors (Lipinski definition) is 1. The van der Waals surface area contributed by atoms with Crippen LogP contribution in [0, 0.1) is 5.92 Å². The fraction of sp³-hybridized carbons (Fsp3) is 0.647. The molecular formula is C17H29BrN2. The predicted molar refractivity (Wildman–Crippen MR) is 93.5 cm³/mol. The first-order chi connectivity index (χ1) is 9.53. The molecule has 0 aromatic heterocycles. The van der Waals surface area contributed by atoms with Crippen molar-refractivity contribution in [1.29, 1.82) is 0 Å². The van der Waals surface area contributed by atoms with E-state index in [9.17, 15) is 0 Å². The number of benzene rings is 1. The summed E-state index contributed by atoms with van der Waals surface area (Å²) in [5.74, 6) is 0.664. The molecule has 0 atom stereocenters. The highest BCUT2D eigenvalue weighted by Crippen LogP contribution is 2.29. The molecule has 0 aliphatic rings. The van der Waals surface area contributed by atoms with Gasteiger partial charge in [-0.15, -0.1) is 0 Å². The normalized spacial score (nSPS) is 11.4. The van der Waals surface area contributed by atoms with E-state index < -0.39 is 0 Å². The van der Waals surface area contributed by atoms with E-state index in [0.717, 1.165) is 17.6 Å². The lowest BCUT2D eigenvalue weighted by molar-refractivity contribution is 0.505. The standard InChI is InChI=1S/C17H29BrN2/c1-6-16(7-2)20(12-13(3)4)17-10-15(18)9-8-14(17)11-19-5/h8-10,13,16,19H,6-7,11-12H2,1-5H3. The second-order valence-electron chi connectivity index (χ2n) is 5.82. The van der Waals surface area contributed by atoms with Crippen LogP contribution in [0.3, 0.4) is 0 Å². The molecule has 0 unspecified atom stereocenters. The second kappa shape index (κ2) is 8.68. The van der Waals surface area contributed by atoms with Gasteiger partial charge in [0.2, 0.25) is 0 Å². The number of hydrogen-bond acceptors (Lipinski definition) is 2. The van der Waals surface area contributed by atoms with Crippen molar-refractivity contribution >= 4 is 21.6 Å². The van der Waals surface area contributed by atoms with Crippen molar-refractivity contribution in [1.82, 2.24) is 5.32 Å². The average molecular weight is 341 g/mol. The fourth-order valence-corrected chi connectivity index (χ4v) is 3.06. The Morgan fingerprint density at radius 1 is 1.20 bits per heavy atom. The number of nitrogens with zero attached hydrogens (tertiary/aromatic N) is 1. The molecule has 0 bridgehead atoms. The SMILES string of the molecule is CCC(CC)N(CC(C)C)c1cc(Br)ccc1CNC. The van der Waals surface area contributed by atoms with Gasteiger partial charge in [0, 0.05) is 29.3 Å². The van der Waals surface area contributed by atoms with E-state index in [-0.39, 0.29) is 0 Å². The number of rotatable bonds is 8. The molecule has 0 aliphatic carbocycles. The van der Waals surface area contributed by atoms with Crippen LogP contribution in [-0.2, 0) is 6.54 Å². The Morgan fingerprint density at radius 3 is 2.35 bits per heavy atom.